The van der Waals surface area contributed by atoms with Gasteiger partial charge in [0.25, 0.3) is 0 Å². The summed E-state index contributed by atoms with van der Waals surface area (Å²) in [6.07, 6.45) is 1.60. The Morgan fingerprint density at radius 3 is 2.50 bits per heavy atom. The van der Waals surface area contributed by atoms with Crippen molar-refractivity contribution in [3.8, 4) is 0 Å². The van der Waals surface area contributed by atoms with E-state index in [-0.39, 0.29) is 0 Å². The molecule has 2 nitrogen and oxygen atoms in total. The molecule has 0 fully saturated rings. The zero-order valence-electron chi connectivity index (χ0n) is 8.15. The molecular formula is C11H8BrClN2S. The van der Waals surface area contributed by atoms with Crippen molar-refractivity contribution in [2.45, 2.75) is 9.79 Å². The van der Waals surface area contributed by atoms with E-state index in [2.05, 4.69) is 20.9 Å². The van der Waals surface area contributed by atoms with Crippen molar-refractivity contribution in [3.05, 3.63) is 46.2 Å². The Bertz CT molecular complexity index is 482. The van der Waals surface area contributed by atoms with Crippen LogP contribution in [0.1, 0.15) is 0 Å². The van der Waals surface area contributed by atoms with Gasteiger partial charge in [-0.15, -0.1) is 0 Å². The van der Waals surface area contributed by atoms with Gasteiger partial charge in [0, 0.05) is 15.6 Å². The minimum Gasteiger partial charge on any atom is -0.398 e. The summed E-state index contributed by atoms with van der Waals surface area (Å²) >= 11 is 10.9. The number of halogens is 2. The maximum Gasteiger partial charge on any atom is 0.144 e. The Hall–Kier alpha value is -0.710. The maximum absolute atomic E-state index is 5.99. The molecule has 0 saturated carbocycles. The Balaban J connectivity index is 2.30. The summed E-state index contributed by atoms with van der Waals surface area (Å²) in [6, 6.07) is 9.69. The van der Waals surface area contributed by atoms with Gasteiger partial charge in [0.2, 0.25) is 0 Å². The lowest BCUT2D eigenvalue weighted by Crippen LogP contribution is -1.90. The summed E-state index contributed by atoms with van der Waals surface area (Å²) in [5.41, 5.74) is 6.49. The largest absolute Gasteiger partial charge is 0.398 e. The van der Waals surface area contributed by atoms with Crippen LogP contribution < -0.4 is 5.73 Å². The molecule has 82 valence electrons. The SMILES string of the molecule is Nc1ccnc(Cl)c1Sc1ccc(Br)cc1. The predicted molar refractivity (Wildman–Crippen MR) is 71.9 cm³/mol. The van der Waals surface area contributed by atoms with Crippen LogP contribution in [-0.2, 0) is 0 Å². The van der Waals surface area contributed by atoms with Gasteiger partial charge < -0.3 is 5.73 Å². The summed E-state index contributed by atoms with van der Waals surface area (Å²) in [5.74, 6) is 0. The van der Waals surface area contributed by atoms with Gasteiger partial charge >= 0.3 is 0 Å². The smallest absolute Gasteiger partial charge is 0.144 e. The third-order valence-electron chi connectivity index (χ3n) is 1.93. The van der Waals surface area contributed by atoms with Crippen LogP contribution in [0, 0.1) is 0 Å². The molecule has 0 aliphatic rings. The standard InChI is InChI=1S/C11H8BrClN2S/c12-7-1-3-8(4-2-7)16-10-9(14)5-6-15-11(10)13/h1-6H,(H2,14,15). The molecule has 16 heavy (non-hydrogen) atoms. The Morgan fingerprint density at radius 2 is 1.88 bits per heavy atom. The van der Waals surface area contributed by atoms with Crippen LogP contribution in [0.2, 0.25) is 5.15 Å². The summed E-state index contributed by atoms with van der Waals surface area (Å²) in [5, 5.41) is 0.438. The molecule has 0 aliphatic carbocycles. The number of anilines is 1. The minimum atomic E-state index is 0.438. The van der Waals surface area contributed by atoms with Crippen LogP contribution in [-0.4, -0.2) is 4.98 Å². The van der Waals surface area contributed by atoms with E-state index in [0.29, 0.717) is 10.8 Å². The van der Waals surface area contributed by atoms with Crippen molar-refractivity contribution in [1.29, 1.82) is 0 Å². The van der Waals surface area contributed by atoms with Gasteiger partial charge in [-0.25, -0.2) is 4.98 Å². The molecule has 2 N–H and O–H groups in total. The summed E-state index contributed by atoms with van der Waals surface area (Å²) in [6.45, 7) is 0. The first-order valence-corrected chi connectivity index (χ1v) is 6.49. The van der Waals surface area contributed by atoms with Gasteiger partial charge in [0.15, 0.2) is 0 Å². The molecule has 1 aromatic carbocycles. The Labute approximate surface area is 111 Å². The van der Waals surface area contributed by atoms with Crippen molar-refractivity contribution in [2.75, 3.05) is 5.73 Å². The molecule has 0 radical (unpaired) electrons. The normalized spacial score (nSPS) is 10.4. The molecule has 2 aromatic rings. The van der Waals surface area contributed by atoms with E-state index in [1.807, 2.05) is 24.3 Å². The lowest BCUT2D eigenvalue weighted by molar-refractivity contribution is 1.24. The first-order valence-electron chi connectivity index (χ1n) is 4.50. The van der Waals surface area contributed by atoms with Crippen LogP contribution in [0.4, 0.5) is 5.69 Å². The molecule has 0 amide bonds. The third-order valence-corrected chi connectivity index (χ3v) is 3.99. The number of rotatable bonds is 2. The van der Waals surface area contributed by atoms with Crippen LogP contribution in [0.25, 0.3) is 0 Å². The molecule has 0 spiro atoms. The maximum atomic E-state index is 5.99. The van der Waals surface area contributed by atoms with Gasteiger partial charge in [0.1, 0.15) is 5.15 Å². The Kier molecular flexibility index (Phi) is 3.74. The van der Waals surface area contributed by atoms with Crippen LogP contribution in [0.3, 0.4) is 0 Å². The highest BCUT2D eigenvalue weighted by Crippen LogP contribution is 2.36. The van der Waals surface area contributed by atoms with Crippen LogP contribution in [0.15, 0.2) is 50.8 Å². The van der Waals surface area contributed by atoms with E-state index in [0.717, 1.165) is 14.3 Å². The highest BCUT2D eigenvalue weighted by atomic mass is 79.9. The topological polar surface area (TPSA) is 38.9 Å². The lowest BCUT2D eigenvalue weighted by Gasteiger charge is -2.06. The molecule has 5 heteroatoms. The third kappa shape index (κ3) is 2.70. The number of nitrogens with two attached hydrogens (primary N) is 1. The van der Waals surface area contributed by atoms with Gasteiger partial charge in [-0.1, -0.05) is 39.3 Å². The van der Waals surface area contributed by atoms with Gasteiger partial charge in [-0.2, -0.15) is 0 Å². The molecule has 0 atom stereocenters. The monoisotopic (exact) mass is 314 g/mol. The van der Waals surface area contributed by atoms with Crippen LogP contribution >= 0.6 is 39.3 Å². The number of nitrogen functional groups attached to an aromatic ring is 1. The summed E-state index contributed by atoms with van der Waals surface area (Å²) in [4.78, 5) is 5.88. The van der Waals surface area contributed by atoms with Crippen molar-refractivity contribution in [2.24, 2.45) is 0 Å². The van der Waals surface area contributed by atoms with E-state index in [9.17, 15) is 0 Å². The van der Waals surface area contributed by atoms with Gasteiger partial charge in [0.05, 0.1) is 10.6 Å². The molecule has 0 aliphatic heterocycles. The fourth-order valence-electron chi connectivity index (χ4n) is 1.16. The van der Waals surface area contributed by atoms with E-state index >= 15 is 0 Å². The van der Waals surface area contributed by atoms with Crippen molar-refractivity contribution < 1.29 is 0 Å². The van der Waals surface area contributed by atoms with Crippen molar-refractivity contribution in [3.63, 3.8) is 0 Å². The van der Waals surface area contributed by atoms with Crippen molar-refractivity contribution >= 4 is 45.0 Å². The number of hydrogen-bond donors (Lipinski definition) is 1. The summed E-state index contributed by atoms with van der Waals surface area (Å²) in [7, 11) is 0. The molecule has 0 unspecified atom stereocenters. The van der Waals surface area contributed by atoms with Gasteiger partial charge in [-0.05, 0) is 30.3 Å². The van der Waals surface area contributed by atoms with E-state index in [1.165, 1.54) is 11.8 Å². The number of aromatic nitrogens is 1. The van der Waals surface area contributed by atoms with E-state index < -0.39 is 0 Å². The quantitative estimate of drug-likeness (QED) is 0.843. The first-order chi connectivity index (χ1) is 7.66. The lowest BCUT2D eigenvalue weighted by atomic mass is 10.4. The second-order valence-corrected chi connectivity index (χ2v) is 5.43. The molecule has 1 aromatic heterocycles. The molecule has 1 heterocycles. The fraction of sp³-hybridized carbons (Fsp3) is 0. The first kappa shape index (κ1) is 11.8. The second kappa shape index (κ2) is 5.08. The molecule has 0 saturated heterocycles. The minimum absolute atomic E-state index is 0.438. The number of nitrogens with zero attached hydrogens (tertiary/aromatic N) is 1. The average molecular weight is 316 g/mol. The number of pyridine rings is 1. The second-order valence-electron chi connectivity index (χ2n) is 3.08. The van der Waals surface area contributed by atoms with Gasteiger partial charge in [-0.3, -0.25) is 0 Å². The molecular weight excluding hydrogens is 308 g/mol. The molecule has 2 rings (SSSR count). The Morgan fingerprint density at radius 1 is 1.19 bits per heavy atom. The zero-order chi connectivity index (χ0) is 11.5. The highest BCUT2D eigenvalue weighted by Gasteiger charge is 2.07. The highest BCUT2D eigenvalue weighted by molar-refractivity contribution is 9.10. The van der Waals surface area contributed by atoms with E-state index in [4.69, 9.17) is 17.3 Å². The average Bonchev–Trinajstić information content (AvgIpc) is 2.26. The zero-order valence-corrected chi connectivity index (χ0v) is 11.3. The number of hydrogen-bond acceptors (Lipinski definition) is 3. The molecule has 0 bridgehead atoms. The summed E-state index contributed by atoms with van der Waals surface area (Å²) < 4.78 is 1.04. The van der Waals surface area contributed by atoms with Crippen molar-refractivity contribution in [1.82, 2.24) is 4.98 Å². The fourth-order valence-corrected chi connectivity index (χ4v) is 2.53. The van der Waals surface area contributed by atoms with E-state index in [1.54, 1.807) is 12.3 Å². The number of benzene rings is 1. The van der Waals surface area contributed by atoms with Crippen LogP contribution in [0.5, 0.6) is 0 Å². The predicted octanol–water partition coefficient (Wildman–Crippen LogP) is 4.23.